The molecule has 2 nitrogen and oxygen atoms in total. The minimum absolute atomic E-state index is 0.969. The van der Waals surface area contributed by atoms with Crippen molar-refractivity contribution in [3.8, 4) is 11.1 Å². The van der Waals surface area contributed by atoms with Gasteiger partial charge in [-0.15, -0.1) is 0 Å². The number of aryl methyl sites for hydroxylation is 1. The summed E-state index contributed by atoms with van der Waals surface area (Å²) in [7, 11) is 4.18. The molecule has 2 aromatic rings. The molecule has 2 rings (SSSR count). The molecule has 0 aliphatic carbocycles. The predicted octanol–water partition coefficient (Wildman–Crippen LogP) is 3.64. The lowest BCUT2D eigenvalue weighted by atomic mass is 10.0. The molecule has 0 aliphatic heterocycles. The maximum atomic E-state index is 3.45. The molecule has 0 saturated carbocycles. The second-order valence-electron chi connectivity index (χ2n) is 5.13. The van der Waals surface area contributed by atoms with Crippen LogP contribution in [0.5, 0.6) is 0 Å². The van der Waals surface area contributed by atoms with Gasteiger partial charge in [0.2, 0.25) is 0 Å². The van der Waals surface area contributed by atoms with E-state index in [4.69, 9.17) is 0 Å². The minimum atomic E-state index is 0.969. The minimum Gasteiger partial charge on any atom is -0.384 e. The Bertz CT molecular complexity index is 518. The van der Waals surface area contributed by atoms with E-state index in [2.05, 4.69) is 79.8 Å². The average Bonchev–Trinajstić information content (AvgIpc) is 2.39. The van der Waals surface area contributed by atoms with E-state index in [1.165, 1.54) is 22.4 Å². The molecule has 0 spiro atoms. The van der Waals surface area contributed by atoms with Crippen LogP contribution in [0, 0.1) is 6.92 Å². The Hall–Kier alpha value is -1.80. The Morgan fingerprint density at radius 2 is 1.74 bits per heavy atom. The van der Waals surface area contributed by atoms with Crippen molar-refractivity contribution in [1.29, 1.82) is 0 Å². The number of anilines is 1. The van der Waals surface area contributed by atoms with Crippen LogP contribution in [-0.4, -0.2) is 32.1 Å². The van der Waals surface area contributed by atoms with Gasteiger partial charge in [-0.1, -0.05) is 36.4 Å². The molecule has 0 radical (unpaired) electrons. The van der Waals surface area contributed by atoms with Crippen LogP contribution >= 0.6 is 0 Å². The first kappa shape index (κ1) is 13.6. The van der Waals surface area contributed by atoms with Gasteiger partial charge in [-0.3, -0.25) is 0 Å². The molecule has 0 unspecified atom stereocenters. The molecule has 0 aromatic heterocycles. The Balaban J connectivity index is 2.09. The Labute approximate surface area is 116 Å². The van der Waals surface area contributed by atoms with Crippen molar-refractivity contribution in [3.05, 3.63) is 54.1 Å². The molecule has 0 atom stereocenters. The van der Waals surface area contributed by atoms with E-state index in [0.29, 0.717) is 0 Å². The maximum Gasteiger partial charge on any atom is 0.0343 e. The van der Waals surface area contributed by atoms with Crippen molar-refractivity contribution in [2.45, 2.75) is 6.92 Å². The molecule has 0 aliphatic rings. The van der Waals surface area contributed by atoms with Gasteiger partial charge in [0, 0.05) is 18.8 Å². The fraction of sp³-hybridized carbons (Fsp3) is 0.294. The van der Waals surface area contributed by atoms with Gasteiger partial charge in [-0.05, 0) is 49.8 Å². The molecular weight excluding hydrogens is 232 g/mol. The van der Waals surface area contributed by atoms with Crippen LogP contribution in [0.3, 0.4) is 0 Å². The lowest BCUT2D eigenvalue weighted by Crippen LogP contribution is -2.20. The van der Waals surface area contributed by atoms with Crippen LogP contribution in [-0.2, 0) is 0 Å². The van der Waals surface area contributed by atoms with Gasteiger partial charge in [-0.25, -0.2) is 0 Å². The number of hydrogen-bond donors (Lipinski definition) is 1. The Morgan fingerprint density at radius 1 is 1.00 bits per heavy atom. The fourth-order valence-electron chi connectivity index (χ4n) is 2.14. The normalized spacial score (nSPS) is 10.7. The Kier molecular flexibility index (Phi) is 4.58. The fourth-order valence-corrected chi connectivity index (χ4v) is 2.14. The monoisotopic (exact) mass is 254 g/mol. The van der Waals surface area contributed by atoms with Crippen molar-refractivity contribution in [3.63, 3.8) is 0 Å². The van der Waals surface area contributed by atoms with Crippen LogP contribution in [0.1, 0.15) is 5.56 Å². The zero-order chi connectivity index (χ0) is 13.7. The summed E-state index contributed by atoms with van der Waals surface area (Å²) in [6.07, 6.45) is 0. The zero-order valence-corrected chi connectivity index (χ0v) is 12.0. The van der Waals surface area contributed by atoms with Crippen LogP contribution in [0.25, 0.3) is 11.1 Å². The summed E-state index contributed by atoms with van der Waals surface area (Å²) in [4.78, 5) is 2.18. The highest BCUT2D eigenvalue weighted by atomic mass is 15.1. The zero-order valence-electron chi connectivity index (χ0n) is 12.0. The summed E-state index contributed by atoms with van der Waals surface area (Å²) in [5.74, 6) is 0. The van der Waals surface area contributed by atoms with E-state index in [0.717, 1.165) is 13.1 Å². The number of nitrogens with one attached hydrogen (secondary N) is 1. The van der Waals surface area contributed by atoms with E-state index in [1.807, 2.05) is 0 Å². The van der Waals surface area contributed by atoms with E-state index in [9.17, 15) is 0 Å². The van der Waals surface area contributed by atoms with Crippen molar-refractivity contribution >= 4 is 5.69 Å². The molecule has 0 heterocycles. The average molecular weight is 254 g/mol. The first-order chi connectivity index (χ1) is 9.16. The van der Waals surface area contributed by atoms with Gasteiger partial charge in [0.25, 0.3) is 0 Å². The smallest absolute Gasteiger partial charge is 0.0343 e. The summed E-state index contributed by atoms with van der Waals surface area (Å²) in [6.45, 7) is 4.18. The third kappa shape index (κ3) is 3.83. The number of benzene rings is 2. The molecule has 1 N–H and O–H groups in total. The first-order valence-corrected chi connectivity index (χ1v) is 6.71. The molecule has 2 aromatic carbocycles. The van der Waals surface area contributed by atoms with E-state index in [-0.39, 0.29) is 0 Å². The SMILES string of the molecule is Cc1cc(NCCN(C)C)ccc1-c1ccccc1. The highest BCUT2D eigenvalue weighted by Gasteiger charge is 2.02. The molecule has 0 saturated heterocycles. The quantitative estimate of drug-likeness (QED) is 0.876. The summed E-state index contributed by atoms with van der Waals surface area (Å²) >= 11 is 0. The molecule has 100 valence electrons. The molecular formula is C17H22N2. The van der Waals surface area contributed by atoms with Crippen LogP contribution in [0.4, 0.5) is 5.69 Å². The van der Waals surface area contributed by atoms with Crippen LogP contribution in [0.15, 0.2) is 48.5 Å². The van der Waals surface area contributed by atoms with E-state index >= 15 is 0 Å². The van der Waals surface area contributed by atoms with Gasteiger partial charge in [-0.2, -0.15) is 0 Å². The van der Waals surface area contributed by atoms with Crippen LogP contribution < -0.4 is 5.32 Å². The molecule has 0 fully saturated rings. The topological polar surface area (TPSA) is 15.3 Å². The van der Waals surface area contributed by atoms with Gasteiger partial charge in [0.1, 0.15) is 0 Å². The van der Waals surface area contributed by atoms with Crippen molar-refractivity contribution < 1.29 is 0 Å². The summed E-state index contributed by atoms with van der Waals surface area (Å²) < 4.78 is 0. The summed E-state index contributed by atoms with van der Waals surface area (Å²) in [6, 6.07) is 17.1. The van der Waals surface area contributed by atoms with Gasteiger partial charge >= 0.3 is 0 Å². The predicted molar refractivity (Wildman–Crippen MR) is 83.7 cm³/mol. The van der Waals surface area contributed by atoms with Crippen molar-refractivity contribution in [1.82, 2.24) is 4.90 Å². The third-order valence-corrected chi connectivity index (χ3v) is 3.20. The van der Waals surface area contributed by atoms with Crippen molar-refractivity contribution in [2.75, 3.05) is 32.5 Å². The molecule has 2 heteroatoms. The number of hydrogen-bond acceptors (Lipinski definition) is 2. The standard InChI is InChI=1S/C17H22N2/c1-14-13-16(18-11-12-19(2)3)9-10-17(14)15-7-5-4-6-8-15/h4-10,13,18H,11-12H2,1-3H3. The highest BCUT2D eigenvalue weighted by molar-refractivity contribution is 5.69. The maximum absolute atomic E-state index is 3.45. The summed E-state index contributed by atoms with van der Waals surface area (Å²) in [5, 5.41) is 3.45. The largest absolute Gasteiger partial charge is 0.384 e. The lowest BCUT2D eigenvalue weighted by molar-refractivity contribution is 0.425. The summed E-state index contributed by atoms with van der Waals surface area (Å²) in [5.41, 5.74) is 5.08. The number of nitrogens with zero attached hydrogens (tertiary/aromatic N) is 1. The Morgan fingerprint density at radius 3 is 2.37 bits per heavy atom. The first-order valence-electron chi connectivity index (χ1n) is 6.71. The number of rotatable bonds is 5. The van der Waals surface area contributed by atoms with Gasteiger partial charge < -0.3 is 10.2 Å². The second-order valence-corrected chi connectivity index (χ2v) is 5.13. The molecule has 0 bridgehead atoms. The molecule has 0 amide bonds. The number of likely N-dealkylation sites (N-methyl/N-ethyl adjacent to an activating group) is 1. The second kappa shape index (κ2) is 6.39. The molecule has 19 heavy (non-hydrogen) atoms. The lowest BCUT2D eigenvalue weighted by Gasteiger charge is -2.13. The van der Waals surface area contributed by atoms with Crippen LogP contribution in [0.2, 0.25) is 0 Å². The van der Waals surface area contributed by atoms with Gasteiger partial charge in [0.05, 0.1) is 0 Å². The highest BCUT2D eigenvalue weighted by Crippen LogP contribution is 2.25. The third-order valence-electron chi connectivity index (χ3n) is 3.20. The van der Waals surface area contributed by atoms with Crippen molar-refractivity contribution in [2.24, 2.45) is 0 Å². The van der Waals surface area contributed by atoms with Gasteiger partial charge in [0.15, 0.2) is 0 Å². The van der Waals surface area contributed by atoms with E-state index < -0.39 is 0 Å². The van der Waals surface area contributed by atoms with E-state index in [1.54, 1.807) is 0 Å².